The summed E-state index contributed by atoms with van der Waals surface area (Å²) in [7, 11) is -2.91. The molecule has 0 atom stereocenters. The molecular formula is C17H34BrNO3S. The molecule has 0 unspecified atom stereocenters. The van der Waals surface area contributed by atoms with E-state index in [0.29, 0.717) is 18.9 Å². The van der Waals surface area contributed by atoms with Crippen LogP contribution in [0.1, 0.15) is 59.2 Å². The molecule has 0 fully saturated rings. The van der Waals surface area contributed by atoms with Gasteiger partial charge in [-0.05, 0) is 41.8 Å². The second-order valence-corrected chi connectivity index (χ2v) is 7.06. The Morgan fingerprint density at radius 1 is 1.09 bits per heavy atom. The van der Waals surface area contributed by atoms with Gasteiger partial charge in [0, 0.05) is 16.8 Å². The van der Waals surface area contributed by atoms with Crippen molar-refractivity contribution in [2.24, 2.45) is 0 Å². The van der Waals surface area contributed by atoms with Gasteiger partial charge in [0.15, 0.2) is 0 Å². The average molecular weight is 412 g/mol. The topological polar surface area (TPSA) is 56.3 Å². The highest BCUT2D eigenvalue weighted by molar-refractivity contribution is 9.10. The number of pyridine rings is 1. The number of ether oxygens (including phenoxy) is 1. The van der Waals surface area contributed by atoms with E-state index in [1.807, 2.05) is 61.5 Å². The van der Waals surface area contributed by atoms with Gasteiger partial charge in [0.1, 0.15) is 9.84 Å². The zero-order chi connectivity index (χ0) is 19.1. The van der Waals surface area contributed by atoms with Crippen molar-refractivity contribution in [1.29, 1.82) is 0 Å². The van der Waals surface area contributed by atoms with Gasteiger partial charge in [-0.15, -0.1) is 0 Å². The van der Waals surface area contributed by atoms with E-state index >= 15 is 0 Å². The third kappa shape index (κ3) is 14.7. The summed E-state index contributed by atoms with van der Waals surface area (Å²) in [5.41, 5.74) is 1.92. The zero-order valence-electron chi connectivity index (χ0n) is 16.2. The molecular weight excluding hydrogens is 378 g/mol. The van der Waals surface area contributed by atoms with Gasteiger partial charge in [0.2, 0.25) is 5.88 Å². The molecule has 23 heavy (non-hydrogen) atoms. The Balaban J connectivity index is -0.000000595. The first kappa shape index (κ1) is 27.2. The van der Waals surface area contributed by atoms with E-state index in [0.717, 1.165) is 15.7 Å². The standard InChI is InChI=1S/C11H16BrNO3S.3C2H6/c1-8-7-10(13-9(2)11(8)12)16-5-4-6-17(3,14)15;3*1-2/h7H,4-6H2,1-3H3;3*1-2H3. The summed E-state index contributed by atoms with van der Waals surface area (Å²) in [6, 6.07) is 1.83. The number of hydrogen-bond acceptors (Lipinski definition) is 4. The fourth-order valence-corrected chi connectivity index (χ4v) is 2.20. The maximum absolute atomic E-state index is 10.9. The van der Waals surface area contributed by atoms with Crippen LogP contribution in [-0.2, 0) is 9.84 Å². The molecule has 138 valence electrons. The van der Waals surface area contributed by atoms with E-state index in [4.69, 9.17) is 4.74 Å². The third-order valence-corrected chi connectivity index (χ3v) is 4.42. The molecule has 0 aliphatic heterocycles. The second-order valence-electron chi connectivity index (χ2n) is 4.01. The number of aryl methyl sites for hydroxylation is 2. The van der Waals surface area contributed by atoms with Crippen LogP contribution in [0.15, 0.2) is 10.5 Å². The van der Waals surface area contributed by atoms with Crippen LogP contribution in [0.2, 0.25) is 0 Å². The molecule has 0 amide bonds. The SMILES string of the molecule is CC.CC.CC.Cc1cc(OCCCS(C)(=O)=O)nc(C)c1Br. The highest BCUT2D eigenvalue weighted by Crippen LogP contribution is 2.23. The zero-order valence-corrected chi connectivity index (χ0v) is 18.6. The van der Waals surface area contributed by atoms with E-state index in [9.17, 15) is 8.42 Å². The predicted octanol–water partition coefficient (Wildman–Crippen LogP) is 5.35. The van der Waals surface area contributed by atoms with Gasteiger partial charge in [-0.2, -0.15) is 0 Å². The number of sulfone groups is 1. The Bertz CT molecular complexity index is 480. The molecule has 0 spiro atoms. The molecule has 6 heteroatoms. The minimum atomic E-state index is -2.91. The molecule has 0 aromatic carbocycles. The first-order valence-corrected chi connectivity index (χ1v) is 11.1. The molecule has 0 saturated carbocycles. The van der Waals surface area contributed by atoms with Gasteiger partial charge in [0.25, 0.3) is 0 Å². The number of rotatable bonds is 5. The van der Waals surface area contributed by atoms with Gasteiger partial charge in [-0.1, -0.05) is 41.5 Å². The summed E-state index contributed by atoms with van der Waals surface area (Å²) in [5, 5.41) is 0. The van der Waals surface area contributed by atoms with Gasteiger partial charge in [0.05, 0.1) is 18.1 Å². The minimum Gasteiger partial charge on any atom is -0.478 e. The molecule has 1 heterocycles. The van der Waals surface area contributed by atoms with Crippen LogP contribution >= 0.6 is 15.9 Å². The van der Waals surface area contributed by atoms with Crippen LogP contribution in [0.25, 0.3) is 0 Å². The molecule has 0 N–H and O–H groups in total. The Kier molecular flexibility index (Phi) is 19.2. The highest BCUT2D eigenvalue weighted by Gasteiger charge is 2.06. The van der Waals surface area contributed by atoms with Gasteiger partial charge < -0.3 is 4.74 Å². The lowest BCUT2D eigenvalue weighted by Gasteiger charge is -2.08. The second kappa shape index (κ2) is 16.2. The van der Waals surface area contributed by atoms with Crippen LogP contribution in [0, 0.1) is 13.8 Å². The van der Waals surface area contributed by atoms with E-state index in [1.165, 1.54) is 6.26 Å². The number of hydrogen-bond donors (Lipinski definition) is 0. The molecule has 1 rings (SSSR count). The van der Waals surface area contributed by atoms with Crippen LogP contribution in [0.3, 0.4) is 0 Å². The van der Waals surface area contributed by atoms with Crippen LogP contribution < -0.4 is 4.74 Å². The van der Waals surface area contributed by atoms with E-state index in [2.05, 4.69) is 20.9 Å². The van der Waals surface area contributed by atoms with Crippen molar-refractivity contribution < 1.29 is 13.2 Å². The summed E-state index contributed by atoms with van der Waals surface area (Å²) in [6.45, 7) is 16.2. The maximum atomic E-state index is 10.9. The van der Waals surface area contributed by atoms with Gasteiger partial charge in [-0.25, -0.2) is 13.4 Å². The van der Waals surface area contributed by atoms with E-state index < -0.39 is 9.84 Å². The van der Waals surface area contributed by atoms with Crippen molar-refractivity contribution >= 4 is 25.8 Å². The lowest BCUT2D eigenvalue weighted by atomic mass is 10.2. The Morgan fingerprint density at radius 2 is 1.57 bits per heavy atom. The lowest BCUT2D eigenvalue weighted by molar-refractivity contribution is 0.304. The molecule has 0 radical (unpaired) electrons. The van der Waals surface area contributed by atoms with Crippen molar-refractivity contribution in [2.45, 2.75) is 61.8 Å². The number of halogens is 1. The van der Waals surface area contributed by atoms with Crippen LogP contribution in [0.5, 0.6) is 5.88 Å². The third-order valence-electron chi connectivity index (χ3n) is 2.19. The Labute approximate surface area is 152 Å². The van der Waals surface area contributed by atoms with E-state index in [1.54, 1.807) is 0 Å². The highest BCUT2D eigenvalue weighted by atomic mass is 79.9. The number of nitrogens with zero attached hydrogens (tertiary/aromatic N) is 1. The maximum Gasteiger partial charge on any atom is 0.213 e. The Morgan fingerprint density at radius 3 is 1.96 bits per heavy atom. The quantitative estimate of drug-likeness (QED) is 0.612. The fourth-order valence-electron chi connectivity index (χ4n) is 1.35. The largest absolute Gasteiger partial charge is 0.478 e. The summed E-state index contributed by atoms with van der Waals surface area (Å²) < 4.78 is 28.2. The van der Waals surface area contributed by atoms with Crippen molar-refractivity contribution in [3.05, 3.63) is 21.8 Å². The molecule has 0 aliphatic rings. The van der Waals surface area contributed by atoms with Gasteiger partial charge in [-0.3, -0.25) is 0 Å². The van der Waals surface area contributed by atoms with Crippen LogP contribution in [0.4, 0.5) is 0 Å². The first-order chi connectivity index (χ1) is 10.8. The molecule has 1 aromatic heterocycles. The first-order valence-electron chi connectivity index (χ1n) is 8.24. The monoisotopic (exact) mass is 411 g/mol. The minimum absolute atomic E-state index is 0.140. The summed E-state index contributed by atoms with van der Waals surface area (Å²) in [4.78, 5) is 4.25. The normalized spacial score (nSPS) is 9.30. The summed E-state index contributed by atoms with van der Waals surface area (Å²) in [6.07, 6.45) is 1.70. The van der Waals surface area contributed by atoms with Crippen molar-refractivity contribution in [3.8, 4) is 5.88 Å². The molecule has 0 aliphatic carbocycles. The van der Waals surface area contributed by atoms with Crippen LogP contribution in [-0.4, -0.2) is 32.0 Å². The summed E-state index contributed by atoms with van der Waals surface area (Å²) in [5.74, 6) is 0.679. The smallest absolute Gasteiger partial charge is 0.213 e. The van der Waals surface area contributed by atoms with Crippen molar-refractivity contribution in [3.63, 3.8) is 0 Å². The number of aromatic nitrogens is 1. The fraction of sp³-hybridized carbons (Fsp3) is 0.706. The van der Waals surface area contributed by atoms with Crippen molar-refractivity contribution in [2.75, 3.05) is 18.6 Å². The lowest BCUT2D eigenvalue weighted by Crippen LogP contribution is -2.08. The molecule has 4 nitrogen and oxygen atoms in total. The average Bonchev–Trinajstić information content (AvgIpc) is 2.54. The van der Waals surface area contributed by atoms with Crippen molar-refractivity contribution in [1.82, 2.24) is 4.98 Å². The van der Waals surface area contributed by atoms with Gasteiger partial charge >= 0.3 is 0 Å². The molecule has 0 bridgehead atoms. The molecule has 0 saturated heterocycles. The Hall–Kier alpha value is -0.620. The summed E-state index contributed by atoms with van der Waals surface area (Å²) >= 11 is 3.42. The predicted molar refractivity (Wildman–Crippen MR) is 105 cm³/mol. The molecule has 1 aromatic rings. The van der Waals surface area contributed by atoms with E-state index in [-0.39, 0.29) is 5.75 Å².